The predicted octanol–water partition coefficient (Wildman–Crippen LogP) is 3.12. The highest BCUT2D eigenvalue weighted by Gasteiger charge is 2.31. The molecule has 1 unspecified atom stereocenters. The minimum Gasteiger partial charge on any atom is -0.329 e. The van der Waals surface area contributed by atoms with Gasteiger partial charge < -0.3 is 4.90 Å². The van der Waals surface area contributed by atoms with Crippen molar-refractivity contribution in [2.75, 3.05) is 6.54 Å². The highest BCUT2D eigenvalue weighted by atomic mass is 32.1. The predicted molar refractivity (Wildman–Crippen MR) is 71.6 cm³/mol. The molecule has 1 aromatic heterocycles. The Morgan fingerprint density at radius 2 is 2.17 bits per heavy atom. The van der Waals surface area contributed by atoms with Crippen LogP contribution >= 0.6 is 11.3 Å². The van der Waals surface area contributed by atoms with Crippen molar-refractivity contribution >= 4 is 17.2 Å². The van der Waals surface area contributed by atoms with Crippen LogP contribution in [-0.2, 0) is 0 Å². The van der Waals surface area contributed by atoms with Crippen LogP contribution in [0.5, 0.6) is 0 Å². The van der Waals surface area contributed by atoms with Crippen molar-refractivity contribution in [2.45, 2.75) is 18.9 Å². The number of carbonyl (C=O) groups is 1. The molecule has 18 heavy (non-hydrogen) atoms. The molecule has 0 radical (unpaired) electrons. The lowest BCUT2D eigenvalue weighted by Crippen LogP contribution is -2.30. The van der Waals surface area contributed by atoms with Crippen LogP contribution in [0.4, 0.5) is 0 Å². The Hall–Kier alpha value is -1.68. The molecular weight excluding hydrogens is 244 g/mol. The second kappa shape index (κ2) is 4.90. The van der Waals surface area contributed by atoms with Gasteiger partial charge >= 0.3 is 0 Å². The number of rotatable bonds is 2. The topological polar surface area (TPSA) is 33.2 Å². The second-order valence-corrected chi connectivity index (χ2v) is 5.32. The fourth-order valence-corrected chi connectivity index (χ4v) is 3.20. The van der Waals surface area contributed by atoms with Gasteiger partial charge in [0.15, 0.2) is 0 Å². The molecule has 0 N–H and O–H groups in total. The van der Waals surface area contributed by atoms with Crippen molar-refractivity contribution < 1.29 is 4.79 Å². The van der Waals surface area contributed by atoms with Crippen LogP contribution in [0, 0.1) is 0 Å². The molecule has 2 aromatic rings. The van der Waals surface area contributed by atoms with Gasteiger partial charge in [0.1, 0.15) is 5.01 Å². The summed E-state index contributed by atoms with van der Waals surface area (Å²) in [6, 6.07) is 9.65. The molecule has 1 atom stereocenters. The van der Waals surface area contributed by atoms with Crippen LogP contribution in [0.15, 0.2) is 41.9 Å². The zero-order valence-corrected chi connectivity index (χ0v) is 10.8. The fourth-order valence-electron chi connectivity index (χ4n) is 2.41. The Bertz CT molecular complexity index is 524. The van der Waals surface area contributed by atoms with Crippen molar-refractivity contribution in [2.24, 2.45) is 0 Å². The molecule has 1 aliphatic rings. The van der Waals surface area contributed by atoms with Crippen molar-refractivity contribution in [3.8, 4) is 0 Å². The normalized spacial score (nSPS) is 19.1. The van der Waals surface area contributed by atoms with E-state index in [1.165, 1.54) is 0 Å². The highest BCUT2D eigenvalue weighted by Crippen LogP contribution is 2.33. The number of amides is 1. The summed E-state index contributed by atoms with van der Waals surface area (Å²) in [7, 11) is 0. The maximum absolute atomic E-state index is 12.5. The van der Waals surface area contributed by atoms with Gasteiger partial charge in [-0.25, -0.2) is 4.98 Å². The van der Waals surface area contributed by atoms with Crippen LogP contribution in [0.2, 0.25) is 0 Å². The van der Waals surface area contributed by atoms with Crippen LogP contribution in [0.3, 0.4) is 0 Å². The van der Waals surface area contributed by atoms with E-state index in [-0.39, 0.29) is 11.9 Å². The number of aromatic nitrogens is 1. The summed E-state index contributed by atoms with van der Waals surface area (Å²) < 4.78 is 0. The lowest BCUT2D eigenvalue weighted by molar-refractivity contribution is 0.0735. The maximum Gasteiger partial charge on any atom is 0.254 e. The first-order valence-corrected chi connectivity index (χ1v) is 6.99. The fraction of sp³-hybridized carbons (Fsp3) is 0.286. The van der Waals surface area contributed by atoms with Crippen LogP contribution in [0.25, 0.3) is 0 Å². The number of likely N-dealkylation sites (tertiary alicyclic amines) is 1. The summed E-state index contributed by atoms with van der Waals surface area (Å²) in [5.41, 5.74) is 0.765. The summed E-state index contributed by atoms with van der Waals surface area (Å²) in [5, 5.41) is 3.02. The summed E-state index contributed by atoms with van der Waals surface area (Å²) in [6.07, 6.45) is 3.89. The first-order valence-electron chi connectivity index (χ1n) is 6.11. The molecule has 3 nitrogen and oxygen atoms in total. The minimum atomic E-state index is 0.119. The molecule has 92 valence electrons. The molecule has 1 fully saturated rings. The molecule has 4 heteroatoms. The standard InChI is InChI=1S/C14H14N2OS/c17-14(11-5-2-1-3-6-11)16-9-4-7-12(16)13-15-8-10-18-13/h1-3,5-6,8,10,12H,4,7,9H2. The molecule has 2 heterocycles. The molecule has 1 aliphatic heterocycles. The van der Waals surface area contributed by atoms with Crippen molar-refractivity contribution in [1.82, 2.24) is 9.88 Å². The smallest absolute Gasteiger partial charge is 0.254 e. The molecule has 0 bridgehead atoms. The summed E-state index contributed by atoms with van der Waals surface area (Å²) >= 11 is 1.63. The Morgan fingerprint density at radius 3 is 2.89 bits per heavy atom. The Balaban J connectivity index is 1.85. The van der Waals surface area contributed by atoms with Crippen molar-refractivity contribution in [1.29, 1.82) is 0 Å². The largest absolute Gasteiger partial charge is 0.329 e. The Kier molecular flexibility index (Phi) is 3.11. The Labute approximate surface area is 110 Å². The lowest BCUT2D eigenvalue weighted by Gasteiger charge is -2.23. The van der Waals surface area contributed by atoms with E-state index in [0.29, 0.717) is 0 Å². The van der Waals surface area contributed by atoms with Gasteiger partial charge in [-0.05, 0) is 25.0 Å². The summed E-state index contributed by atoms with van der Waals surface area (Å²) in [4.78, 5) is 18.8. The van der Waals surface area contributed by atoms with Gasteiger partial charge in [0.05, 0.1) is 6.04 Å². The molecular formula is C14H14N2OS. The zero-order valence-electron chi connectivity index (χ0n) is 9.95. The molecule has 0 saturated carbocycles. The van der Waals surface area contributed by atoms with Crippen LogP contribution in [0.1, 0.15) is 34.2 Å². The van der Waals surface area contributed by atoms with Gasteiger partial charge in [0.25, 0.3) is 5.91 Å². The molecule has 1 aromatic carbocycles. The van der Waals surface area contributed by atoms with E-state index in [1.807, 2.05) is 46.8 Å². The first kappa shape index (κ1) is 11.4. The highest BCUT2D eigenvalue weighted by molar-refractivity contribution is 7.09. The molecule has 3 rings (SSSR count). The van der Waals surface area contributed by atoms with E-state index < -0.39 is 0 Å². The monoisotopic (exact) mass is 258 g/mol. The van der Waals surface area contributed by atoms with E-state index in [4.69, 9.17) is 0 Å². The third-order valence-corrected chi connectivity index (χ3v) is 4.15. The average molecular weight is 258 g/mol. The maximum atomic E-state index is 12.5. The molecule has 1 saturated heterocycles. The number of thiazole rings is 1. The van der Waals surface area contributed by atoms with Crippen molar-refractivity contribution in [3.63, 3.8) is 0 Å². The number of carbonyl (C=O) groups excluding carboxylic acids is 1. The average Bonchev–Trinajstić information content (AvgIpc) is 3.09. The minimum absolute atomic E-state index is 0.119. The quantitative estimate of drug-likeness (QED) is 0.829. The number of hydrogen-bond acceptors (Lipinski definition) is 3. The van der Waals surface area contributed by atoms with Gasteiger partial charge in [-0.2, -0.15) is 0 Å². The van der Waals surface area contributed by atoms with Gasteiger partial charge in [0, 0.05) is 23.7 Å². The SMILES string of the molecule is O=C(c1ccccc1)N1CCCC1c1nccs1. The number of hydrogen-bond donors (Lipinski definition) is 0. The first-order chi connectivity index (χ1) is 8.86. The van der Waals surface area contributed by atoms with Gasteiger partial charge in [-0.3, -0.25) is 4.79 Å². The third kappa shape index (κ3) is 2.04. The van der Waals surface area contributed by atoms with E-state index in [0.717, 1.165) is 30.0 Å². The van der Waals surface area contributed by atoms with Gasteiger partial charge in [-0.15, -0.1) is 11.3 Å². The molecule has 0 spiro atoms. The lowest BCUT2D eigenvalue weighted by atomic mass is 10.2. The number of nitrogens with zero attached hydrogens (tertiary/aromatic N) is 2. The van der Waals surface area contributed by atoms with E-state index in [9.17, 15) is 4.79 Å². The van der Waals surface area contributed by atoms with Gasteiger partial charge in [-0.1, -0.05) is 18.2 Å². The number of benzene rings is 1. The van der Waals surface area contributed by atoms with Crippen LogP contribution in [-0.4, -0.2) is 22.3 Å². The van der Waals surface area contributed by atoms with Gasteiger partial charge in [0.2, 0.25) is 0 Å². The van der Waals surface area contributed by atoms with Crippen LogP contribution < -0.4 is 0 Å². The zero-order chi connectivity index (χ0) is 12.4. The summed E-state index contributed by atoms with van der Waals surface area (Å²) in [6.45, 7) is 0.831. The molecule has 0 aliphatic carbocycles. The third-order valence-electron chi connectivity index (χ3n) is 3.27. The van der Waals surface area contributed by atoms with E-state index >= 15 is 0 Å². The Morgan fingerprint density at radius 1 is 1.33 bits per heavy atom. The van der Waals surface area contributed by atoms with Crippen molar-refractivity contribution in [3.05, 3.63) is 52.5 Å². The molecule has 1 amide bonds. The van der Waals surface area contributed by atoms with E-state index in [1.54, 1.807) is 11.3 Å². The van der Waals surface area contributed by atoms with E-state index in [2.05, 4.69) is 4.98 Å². The second-order valence-electron chi connectivity index (χ2n) is 4.39. The summed E-state index contributed by atoms with van der Waals surface area (Å²) in [5.74, 6) is 0.119.